The highest BCUT2D eigenvalue weighted by molar-refractivity contribution is 5.55. The third kappa shape index (κ3) is 2.33. The second-order valence-electron chi connectivity index (χ2n) is 3.96. The number of aromatic nitrogens is 2. The summed E-state index contributed by atoms with van der Waals surface area (Å²) in [4.78, 5) is 4.19. The molecule has 0 aliphatic carbocycles. The quantitative estimate of drug-likeness (QED) is 0.868. The van der Waals surface area contributed by atoms with Gasteiger partial charge in [0, 0.05) is 12.1 Å². The zero-order chi connectivity index (χ0) is 13.1. The molecule has 1 aromatic heterocycles. The molecular weight excluding hydrogens is 237 g/mol. The number of hydrogen-bond donors (Lipinski definition) is 2. The van der Waals surface area contributed by atoms with Gasteiger partial charge in [0.2, 0.25) is 11.7 Å². The molecule has 0 aliphatic rings. The van der Waals surface area contributed by atoms with Crippen molar-refractivity contribution in [1.82, 2.24) is 10.1 Å². The molecule has 3 N–H and O–H groups in total. The van der Waals surface area contributed by atoms with E-state index in [-0.39, 0.29) is 11.7 Å². The van der Waals surface area contributed by atoms with Crippen molar-refractivity contribution in [3.05, 3.63) is 29.9 Å². The molecule has 1 atom stereocenters. The van der Waals surface area contributed by atoms with Crippen LogP contribution in [0, 0.1) is 5.82 Å². The van der Waals surface area contributed by atoms with Crippen molar-refractivity contribution in [2.45, 2.75) is 19.3 Å². The number of halogens is 1. The van der Waals surface area contributed by atoms with E-state index in [0.717, 1.165) is 12.5 Å². The van der Waals surface area contributed by atoms with Gasteiger partial charge in [-0.15, -0.1) is 0 Å². The Morgan fingerprint density at radius 1 is 1.50 bits per heavy atom. The summed E-state index contributed by atoms with van der Waals surface area (Å²) in [7, 11) is 0. The number of aromatic hydroxyl groups is 1. The summed E-state index contributed by atoms with van der Waals surface area (Å²) in [5, 5.41) is 12.9. The molecule has 0 amide bonds. The Labute approximate surface area is 103 Å². The molecule has 2 rings (SSSR count). The van der Waals surface area contributed by atoms with E-state index in [1.165, 1.54) is 12.1 Å². The van der Waals surface area contributed by atoms with Crippen LogP contribution < -0.4 is 5.73 Å². The standard InChI is InChI=1S/C12H14FN3O2/c1-2-7(6-14)12-15-11(16-18-12)8-3-4-10(17)9(13)5-8/h3-5,7,17H,2,6,14H2,1H3. The molecule has 1 heterocycles. The van der Waals surface area contributed by atoms with Crippen LogP contribution in [-0.2, 0) is 0 Å². The van der Waals surface area contributed by atoms with Gasteiger partial charge in [0.15, 0.2) is 11.6 Å². The predicted octanol–water partition coefficient (Wildman–Crippen LogP) is 2.03. The highest BCUT2D eigenvalue weighted by atomic mass is 19.1. The molecule has 0 aliphatic heterocycles. The Bertz CT molecular complexity index is 538. The largest absolute Gasteiger partial charge is 0.505 e. The number of nitrogens with two attached hydrogens (primary N) is 1. The fourth-order valence-electron chi connectivity index (χ4n) is 1.61. The molecule has 2 aromatic rings. The number of benzene rings is 1. The van der Waals surface area contributed by atoms with Crippen LogP contribution >= 0.6 is 0 Å². The van der Waals surface area contributed by atoms with Gasteiger partial charge in [-0.05, 0) is 24.6 Å². The maximum Gasteiger partial charge on any atom is 0.231 e. The molecule has 0 bridgehead atoms. The van der Waals surface area contributed by atoms with E-state index in [1.54, 1.807) is 0 Å². The van der Waals surface area contributed by atoms with E-state index in [9.17, 15) is 4.39 Å². The number of phenols is 1. The first-order valence-electron chi connectivity index (χ1n) is 5.68. The van der Waals surface area contributed by atoms with Crippen LogP contribution in [0.25, 0.3) is 11.4 Å². The van der Waals surface area contributed by atoms with Crippen LogP contribution in [0.1, 0.15) is 25.2 Å². The van der Waals surface area contributed by atoms with Crippen LogP contribution in [0.2, 0.25) is 0 Å². The van der Waals surface area contributed by atoms with Gasteiger partial charge < -0.3 is 15.4 Å². The third-order valence-corrected chi connectivity index (χ3v) is 2.77. The van der Waals surface area contributed by atoms with E-state index >= 15 is 0 Å². The zero-order valence-electron chi connectivity index (χ0n) is 9.93. The van der Waals surface area contributed by atoms with E-state index < -0.39 is 11.6 Å². The van der Waals surface area contributed by atoms with Crippen LogP contribution in [0.5, 0.6) is 5.75 Å². The summed E-state index contributed by atoms with van der Waals surface area (Å²) in [5.74, 6) is -0.381. The molecule has 0 saturated heterocycles. The van der Waals surface area contributed by atoms with Gasteiger partial charge in [0.25, 0.3) is 0 Å². The monoisotopic (exact) mass is 251 g/mol. The molecular formula is C12H14FN3O2. The SMILES string of the molecule is CCC(CN)c1nc(-c2ccc(O)c(F)c2)no1. The summed E-state index contributed by atoms with van der Waals surface area (Å²) in [5.41, 5.74) is 6.04. The Morgan fingerprint density at radius 3 is 2.89 bits per heavy atom. The van der Waals surface area contributed by atoms with Crippen LogP contribution in [0.4, 0.5) is 4.39 Å². The van der Waals surface area contributed by atoms with Gasteiger partial charge in [-0.1, -0.05) is 12.1 Å². The summed E-state index contributed by atoms with van der Waals surface area (Å²) in [6, 6.07) is 3.94. The highest BCUT2D eigenvalue weighted by Gasteiger charge is 2.17. The van der Waals surface area contributed by atoms with Crippen molar-refractivity contribution in [1.29, 1.82) is 0 Å². The minimum atomic E-state index is -0.718. The Morgan fingerprint density at radius 2 is 2.28 bits per heavy atom. The Hall–Kier alpha value is -1.95. The van der Waals surface area contributed by atoms with E-state index in [0.29, 0.717) is 18.0 Å². The van der Waals surface area contributed by atoms with Crippen LogP contribution in [-0.4, -0.2) is 21.8 Å². The fourth-order valence-corrected chi connectivity index (χ4v) is 1.61. The first-order valence-corrected chi connectivity index (χ1v) is 5.68. The van der Waals surface area contributed by atoms with Crippen molar-refractivity contribution in [2.75, 3.05) is 6.54 Å². The van der Waals surface area contributed by atoms with Crippen molar-refractivity contribution in [2.24, 2.45) is 5.73 Å². The fraction of sp³-hybridized carbons (Fsp3) is 0.333. The van der Waals surface area contributed by atoms with Gasteiger partial charge >= 0.3 is 0 Å². The first-order chi connectivity index (χ1) is 8.65. The number of nitrogens with zero attached hydrogens (tertiary/aromatic N) is 2. The lowest BCUT2D eigenvalue weighted by molar-refractivity contribution is 0.351. The molecule has 18 heavy (non-hydrogen) atoms. The zero-order valence-corrected chi connectivity index (χ0v) is 9.93. The summed E-state index contributed by atoms with van der Waals surface area (Å²) < 4.78 is 18.3. The Balaban J connectivity index is 2.31. The minimum Gasteiger partial charge on any atom is -0.505 e. The van der Waals surface area contributed by atoms with Crippen molar-refractivity contribution < 1.29 is 14.0 Å². The molecule has 0 spiro atoms. The maximum absolute atomic E-state index is 13.2. The average molecular weight is 251 g/mol. The lowest BCUT2D eigenvalue weighted by Gasteiger charge is -2.04. The minimum absolute atomic E-state index is 0.00760. The number of phenolic OH excluding ortho intramolecular Hbond substituents is 1. The molecule has 0 fully saturated rings. The van der Waals surface area contributed by atoms with Gasteiger partial charge in [0.05, 0.1) is 5.92 Å². The van der Waals surface area contributed by atoms with Crippen molar-refractivity contribution in [3.63, 3.8) is 0 Å². The lowest BCUT2D eigenvalue weighted by atomic mass is 10.1. The molecule has 0 radical (unpaired) electrons. The van der Waals surface area contributed by atoms with Gasteiger partial charge in [0.1, 0.15) is 0 Å². The number of hydrogen-bond acceptors (Lipinski definition) is 5. The maximum atomic E-state index is 13.2. The van der Waals surface area contributed by atoms with Crippen molar-refractivity contribution in [3.8, 4) is 17.1 Å². The molecule has 1 aromatic carbocycles. The third-order valence-electron chi connectivity index (χ3n) is 2.77. The molecule has 0 saturated carbocycles. The van der Waals surface area contributed by atoms with Gasteiger partial charge in [-0.25, -0.2) is 4.39 Å². The van der Waals surface area contributed by atoms with Crippen LogP contribution in [0.3, 0.4) is 0 Å². The number of rotatable bonds is 4. The smallest absolute Gasteiger partial charge is 0.231 e. The molecule has 5 nitrogen and oxygen atoms in total. The van der Waals surface area contributed by atoms with Gasteiger partial charge in [-0.2, -0.15) is 4.98 Å². The highest BCUT2D eigenvalue weighted by Crippen LogP contribution is 2.24. The summed E-state index contributed by atoms with van der Waals surface area (Å²) in [6.45, 7) is 2.39. The molecule has 96 valence electrons. The molecule has 1 unspecified atom stereocenters. The Kier molecular flexibility index (Phi) is 3.57. The van der Waals surface area contributed by atoms with Crippen molar-refractivity contribution >= 4 is 0 Å². The second-order valence-corrected chi connectivity index (χ2v) is 3.96. The van der Waals surface area contributed by atoms with Crippen LogP contribution in [0.15, 0.2) is 22.7 Å². The average Bonchev–Trinajstić information content (AvgIpc) is 2.84. The normalized spacial score (nSPS) is 12.6. The van der Waals surface area contributed by atoms with E-state index in [1.807, 2.05) is 6.92 Å². The topological polar surface area (TPSA) is 85.2 Å². The van der Waals surface area contributed by atoms with Gasteiger partial charge in [-0.3, -0.25) is 0 Å². The lowest BCUT2D eigenvalue weighted by Crippen LogP contribution is -2.11. The van der Waals surface area contributed by atoms with E-state index in [2.05, 4.69) is 10.1 Å². The predicted molar refractivity (Wildman–Crippen MR) is 63.4 cm³/mol. The summed E-state index contributed by atoms with van der Waals surface area (Å²) in [6.07, 6.45) is 0.794. The summed E-state index contributed by atoms with van der Waals surface area (Å²) >= 11 is 0. The first kappa shape index (κ1) is 12.5. The molecule has 6 heteroatoms. The second kappa shape index (κ2) is 5.14. The van der Waals surface area contributed by atoms with E-state index in [4.69, 9.17) is 15.4 Å².